The number of hydrazone groups is 1. The van der Waals surface area contributed by atoms with Gasteiger partial charge in [0.2, 0.25) is 0 Å². The molecule has 31 heavy (non-hydrogen) atoms. The molecule has 0 saturated carbocycles. The highest BCUT2D eigenvalue weighted by Crippen LogP contribution is 2.23. The minimum absolute atomic E-state index is 0.383. The molecule has 3 heterocycles. The van der Waals surface area contributed by atoms with E-state index in [1.54, 1.807) is 20.4 Å². The quantitative estimate of drug-likeness (QED) is 0.164. The van der Waals surface area contributed by atoms with E-state index in [0.717, 1.165) is 33.9 Å². The predicted molar refractivity (Wildman–Crippen MR) is 118 cm³/mol. The van der Waals surface area contributed by atoms with E-state index in [1.807, 2.05) is 53.1 Å². The maximum atomic E-state index is 5.36. The molecule has 0 aliphatic carbocycles. The van der Waals surface area contributed by atoms with Gasteiger partial charge in [-0.3, -0.25) is 4.40 Å². The number of aromatic nitrogens is 4. The number of hydrogen-bond acceptors (Lipinski definition) is 8. The lowest BCUT2D eigenvalue weighted by molar-refractivity contribution is 0.414. The van der Waals surface area contributed by atoms with Gasteiger partial charge in [0.15, 0.2) is 5.84 Å². The third-order valence-electron chi connectivity index (χ3n) is 4.65. The van der Waals surface area contributed by atoms with Crippen LogP contribution in [0.15, 0.2) is 76.5 Å². The molecule has 0 spiro atoms. The molecule has 0 saturated heterocycles. The summed E-state index contributed by atoms with van der Waals surface area (Å²) in [6.07, 6.45) is 5.22. The van der Waals surface area contributed by atoms with Gasteiger partial charge in [0.05, 0.1) is 24.7 Å². The van der Waals surface area contributed by atoms with Crippen LogP contribution in [0, 0.1) is 0 Å². The zero-order chi connectivity index (χ0) is 21.6. The Morgan fingerprint density at radius 2 is 1.97 bits per heavy atom. The molecule has 0 fully saturated rings. The Bertz CT molecular complexity index is 1250. The number of fused-ring (bicyclic) bond motifs is 1. The first-order valence-corrected chi connectivity index (χ1v) is 9.46. The normalized spacial score (nSPS) is 11.9. The van der Waals surface area contributed by atoms with Gasteiger partial charge in [0.25, 0.3) is 0 Å². The Labute approximate surface area is 178 Å². The minimum atomic E-state index is 0.383. The van der Waals surface area contributed by atoms with Crippen molar-refractivity contribution in [3.63, 3.8) is 0 Å². The number of nitrogens with zero attached hydrogens (tertiary/aromatic N) is 7. The third kappa shape index (κ3) is 4.32. The number of ether oxygens (including phenoxy) is 1. The second kappa shape index (κ2) is 8.99. The fourth-order valence-electron chi connectivity index (χ4n) is 3.09. The van der Waals surface area contributed by atoms with Crippen molar-refractivity contribution in [3.05, 3.63) is 72.3 Å². The van der Waals surface area contributed by atoms with E-state index in [4.69, 9.17) is 10.6 Å². The van der Waals surface area contributed by atoms with Crippen LogP contribution in [0.25, 0.3) is 17.0 Å². The van der Waals surface area contributed by atoms with Gasteiger partial charge >= 0.3 is 0 Å². The van der Waals surface area contributed by atoms with Crippen molar-refractivity contribution in [2.75, 3.05) is 19.5 Å². The number of methoxy groups -OCH3 is 1. The lowest BCUT2D eigenvalue weighted by atomic mass is 10.1. The highest BCUT2D eigenvalue weighted by Gasteiger charge is 2.09. The van der Waals surface area contributed by atoms with Crippen LogP contribution in [-0.4, -0.2) is 39.3 Å². The maximum Gasteiger partial charge on any atom is 0.200 e. The van der Waals surface area contributed by atoms with Crippen LogP contribution in [0.4, 0.5) is 5.82 Å². The number of imidazole rings is 1. The molecule has 4 aromatic rings. The van der Waals surface area contributed by atoms with Crippen molar-refractivity contribution < 1.29 is 4.74 Å². The maximum absolute atomic E-state index is 5.36. The summed E-state index contributed by atoms with van der Waals surface area (Å²) < 4.78 is 7.21. The molecule has 0 aliphatic heterocycles. The van der Waals surface area contributed by atoms with Gasteiger partial charge in [-0.05, 0) is 11.6 Å². The number of nitrogens with two attached hydrogens (primary N) is 1. The fraction of sp³-hybridized carbons (Fsp3) is 0.143. The molecule has 156 valence electrons. The minimum Gasteiger partial charge on any atom is -0.497 e. The Hall–Kier alpha value is -4.34. The zero-order valence-electron chi connectivity index (χ0n) is 17.1. The van der Waals surface area contributed by atoms with Crippen LogP contribution in [0.5, 0.6) is 5.75 Å². The van der Waals surface area contributed by atoms with E-state index in [0.29, 0.717) is 18.2 Å². The van der Waals surface area contributed by atoms with Gasteiger partial charge in [-0.15, -0.1) is 5.11 Å². The Kier molecular flexibility index (Phi) is 5.79. The number of anilines is 1. The van der Waals surface area contributed by atoms with Gasteiger partial charge in [0, 0.05) is 37.5 Å². The largest absolute Gasteiger partial charge is 0.497 e. The van der Waals surface area contributed by atoms with Gasteiger partial charge < -0.3 is 15.9 Å². The van der Waals surface area contributed by atoms with E-state index < -0.39 is 0 Å². The van der Waals surface area contributed by atoms with Gasteiger partial charge in [-0.25, -0.2) is 15.0 Å². The second-order valence-electron chi connectivity index (χ2n) is 6.53. The number of benzene rings is 1. The zero-order valence-corrected chi connectivity index (χ0v) is 17.1. The SMILES string of the molecule is CN=NC(=NN)c1ccc(CNc2cc(-c3cnc4cc(OC)ccn34)ncn2)cc1. The molecule has 0 radical (unpaired) electrons. The van der Waals surface area contributed by atoms with Crippen LogP contribution in [0.1, 0.15) is 11.1 Å². The highest BCUT2D eigenvalue weighted by atomic mass is 16.5. The second-order valence-corrected chi connectivity index (χ2v) is 6.53. The van der Waals surface area contributed by atoms with E-state index in [9.17, 15) is 0 Å². The summed E-state index contributed by atoms with van der Waals surface area (Å²) in [5, 5.41) is 14.6. The summed E-state index contributed by atoms with van der Waals surface area (Å²) >= 11 is 0. The predicted octanol–water partition coefficient (Wildman–Crippen LogP) is 3.11. The summed E-state index contributed by atoms with van der Waals surface area (Å²) in [6.45, 7) is 0.589. The summed E-state index contributed by atoms with van der Waals surface area (Å²) in [7, 11) is 3.20. The molecule has 3 aromatic heterocycles. The molecule has 0 unspecified atom stereocenters. The van der Waals surface area contributed by atoms with E-state index in [-0.39, 0.29) is 0 Å². The molecule has 3 N–H and O–H groups in total. The molecule has 1 aromatic carbocycles. The standard InChI is InChI=1S/C21H21N9O/c1-23-29-21(28-22)15-5-3-14(4-6-15)11-24-19-10-17(26-13-27-19)18-12-25-20-9-16(31-2)7-8-30(18)20/h3-10,12-13H,11,22H2,1-2H3,(H,24,26,27). The smallest absolute Gasteiger partial charge is 0.200 e. The molecule has 4 rings (SSSR count). The van der Waals surface area contributed by atoms with Crippen molar-refractivity contribution in [2.24, 2.45) is 21.2 Å². The topological polar surface area (TPSA) is 127 Å². The summed E-state index contributed by atoms with van der Waals surface area (Å²) in [6, 6.07) is 13.4. The van der Waals surface area contributed by atoms with Gasteiger partial charge in [0.1, 0.15) is 23.5 Å². The molecular weight excluding hydrogens is 394 g/mol. The number of amidine groups is 1. The summed E-state index contributed by atoms with van der Waals surface area (Å²) in [4.78, 5) is 13.2. The first-order chi connectivity index (χ1) is 15.2. The molecule has 0 bridgehead atoms. The number of nitrogens with one attached hydrogen (secondary N) is 1. The Balaban J connectivity index is 1.50. The Morgan fingerprint density at radius 1 is 1.13 bits per heavy atom. The summed E-state index contributed by atoms with van der Waals surface area (Å²) in [5.74, 6) is 7.21. The average molecular weight is 415 g/mol. The van der Waals surface area contributed by atoms with Crippen molar-refractivity contribution in [1.82, 2.24) is 19.4 Å². The lowest BCUT2D eigenvalue weighted by Crippen LogP contribution is -2.04. The highest BCUT2D eigenvalue weighted by molar-refractivity contribution is 5.98. The first-order valence-electron chi connectivity index (χ1n) is 9.46. The molecular formula is C21H21N9O. The third-order valence-corrected chi connectivity index (χ3v) is 4.65. The van der Waals surface area contributed by atoms with Crippen LogP contribution in [-0.2, 0) is 6.54 Å². The molecule has 10 nitrogen and oxygen atoms in total. The van der Waals surface area contributed by atoms with Crippen LogP contribution in [0.2, 0.25) is 0 Å². The van der Waals surface area contributed by atoms with Crippen molar-refractivity contribution in [3.8, 4) is 17.1 Å². The number of rotatable bonds is 6. The lowest BCUT2D eigenvalue weighted by Gasteiger charge is -2.08. The van der Waals surface area contributed by atoms with Gasteiger partial charge in [-0.1, -0.05) is 24.3 Å². The van der Waals surface area contributed by atoms with Crippen molar-refractivity contribution >= 4 is 17.3 Å². The summed E-state index contributed by atoms with van der Waals surface area (Å²) in [5.41, 5.74) is 4.27. The Morgan fingerprint density at radius 3 is 2.71 bits per heavy atom. The number of pyridine rings is 1. The van der Waals surface area contributed by atoms with Crippen molar-refractivity contribution in [1.29, 1.82) is 0 Å². The van der Waals surface area contributed by atoms with Crippen LogP contribution in [0.3, 0.4) is 0 Å². The van der Waals surface area contributed by atoms with Gasteiger partial charge in [-0.2, -0.15) is 10.2 Å². The van der Waals surface area contributed by atoms with E-state index in [1.165, 1.54) is 6.33 Å². The van der Waals surface area contributed by atoms with E-state index in [2.05, 4.69) is 35.6 Å². The van der Waals surface area contributed by atoms with Crippen LogP contribution >= 0.6 is 0 Å². The number of azo groups is 1. The molecule has 0 atom stereocenters. The van der Waals surface area contributed by atoms with Crippen molar-refractivity contribution in [2.45, 2.75) is 6.54 Å². The monoisotopic (exact) mass is 415 g/mol. The molecule has 10 heteroatoms. The molecule has 0 amide bonds. The fourth-order valence-corrected chi connectivity index (χ4v) is 3.09. The van der Waals surface area contributed by atoms with Crippen LogP contribution < -0.4 is 15.9 Å². The first kappa shape index (κ1) is 20.0. The number of hydrogen-bond donors (Lipinski definition) is 2. The average Bonchev–Trinajstić information content (AvgIpc) is 3.25. The molecule has 0 aliphatic rings. The van der Waals surface area contributed by atoms with E-state index >= 15 is 0 Å².